The van der Waals surface area contributed by atoms with Gasteiger partial charge in [-0.1, -0.05) is 70.0 Å². The molecule has 2 aromatic rings. The molecule has 12 nitrogen and oxygen atoms in total. The number of carbonyl (C=O) groups excluding carboxylic acids is 4. The fourth-order valence-corrected chi connectivity index (χ4v) is 13.7. The van der Waals surface area contributed by atoms with Crippen LogP contribution in [0.3, 0.4) is 0 Å². The van der Waals surface area contributed by atoms with E-state index >= 15 is 0 Å². The standard InChI is InChI=1S/C39H39N7O5S2/c1-8-10-27-32-37-42-33-19(5)18(4)11-9-12-24(49)22(40-33)14-23-30-21-13-26(52-38(21)51)31(30)36(41-23)44-34-28(17(2)3)29(20(6)25(50)15-47)35(43-34)45-39(46-37)53(27,32,7)16-48/h8-11,14,16-18,21,26-27,47H,5-6,12-13,15H2,1-4,7H3,(H2,40,41,42,43,44,45,46)/b10-8-,11-9-. The average molecular weight is 750 g/mol. The Hall–Kier alpha value is -4.92. The maximum Gasteiger partial charge on any atom is 0.197 e. The number of aromatic nitrogens is 7. The van der Waals surface area contributed by atoms with Crippen molar-refractivity contribution in [3.05, 3.63) is 93.6 Å². The van der Waals surface area contributed by atoms with Gasteiger partial charge >= 0.3 is 0 Å². The van der Waals surface area contributed by atoms with Crippen molar-refractivity contribution in [1.82, 2.24) is 34.9 Å². The zero-order valence-corrected chi connectivity index (χ0v) is 31.7. The van der Waals surface area contributed by atoms with Gasteiger partial charge in [-0.15, -0.1) is 8.75 Å². The summed E-state index contributed by atoms with van der Waals surface area (Å²) in [4.78, 5) is 86.1. The van der Waals surface area contributed by atoms with E-state index < -0.39 is 21.1 Å². The molecule has 4 atom stereocenters. The van der Waals surface area contributed by atoms with Crippen LogP contribution >= 0.6 is 20.5 Å². The van der Waals surface area contributed by atoms with Crippen LogP contribution in [0, 0.1) is 16.6 Å². The molecule has 6 aliphatic rings. The Morgan fingerprint density at radius 2 is 1.89 bits per heavy atom. The van der Waals surface area contributed by atoms with Gasteiger partial charge in [0.25, 0.3) is 0 Å². The monoisotopic (exact) mass is 749 g/mol. The highest BCUT2D eigenvalue weighted by Crippen LogP contribution is 2.86. The highest BCUT2D eigenvalue weighted by Gasteiger charge is 2.62. The first-order valence-electron chi connectivity index (χ1n) is 17.5. The molecule has 8 rings (SSSR count). The van der Waals surface area contributed by atoms with E-state index in [1.807, 2.05) is 52.2 Å². The summed E-state index contributed by atoms with van der Waals surface area (Å²) in [6, 6.07) is 1.67. The van der Waals surface area contributed by atoms with Gasteiger partial charge in [0, 0.05) is 55.5 Å². The van der Waals surface area contributed by atoms with Crippen molar-refractivity contribution < 1.29 is 24.3 Å². The third kappa shape index (κ3) is 4.88. The number of rotatable bonds is 6. The number of nitrogens with one attached hydrogen (secondary N) is 2. The fraction of sp³-hybridized carbons (Fsp3) is 0.333. The summed E-state index contributed by atoms with van der Waals surface area (Å²) in [5.74, 6) is -1.05. The van der Waals surface area contributed by atoms with Crippen molar-refractivity contribution in [3.8, 4) is 0 Å². The Morgan fingerprint density at radius 1 is 1.11 bits per heavy atom. The molecule has 2 fully saturated rings. The lowest BCUT2D eigenvalue weighted by atomic mass is 9.92. The number of aliphatic hydroxyl groups excluding tert-OH is 1. The van der Waals surface area contributed by atoms with Crippen LogP contribution in [-0.2, 0) is 14.4 Å². The first-order valence-corrected chi connectivity index (χ1v) is 20.9. The van der Waals surface area contributed by atoms with E-state index in [2.05, 4.69) is 23.1 Å². The van der Waals surface area contributed by atoms with Gasteiger partial charge in [0.1, 0.15) is 23.4 Å². The Kier molecular flexibility index (Phi) is 7.99. The summed E-state index contributed by atoms with van der Waals surface area (Å²) in [5.41, 5.74) is 5.65. The molecule has 0 aromatic carbocycles. The topological polar surface area (TPSA) is 185 Å². The third-order valence-electron chi connectivity index (χ3n) is 11.1. The number of hydrogen-bond acceptors (Lipinski definition) is 11. The van der Waals surface area contributed by atoms with E-state index in [9.17, 15) is 24.3 Å². The van der Waals surface area contributed by atoms with Gasteiger partial charge in [-0.3, -0.25) is 19.2 Å². The first-order chi connectivity index (χ1) is 25.2. The van der Waals surface area contributed by atoms with Gasteiger partial charge in [0.15, 0.2) is 44.5 Å². The molecule has 0 spiro atoms. The maximum atomic E-state index is 13.9. The summed E-state index contributed by atoms with van der Waals surface area (Å²) in [5, 5.41) is 9.52. The third-order valence-corrected chi connectivity index (χ3v) is 17.1. The second kappa shape index (κ2) is 12.1. The van der Waals surface area contributed by atoms with Crippen molar-refractivity contribution in [2.24, 2.45) is 11.8 Å². The minimum Gasteiger partial charge on any atom is -0.388 e. The molecule has 10 bridgehead atoms. The van der Waals surface area contributed by atoms with Crippen LogP contribution in [0.2, 0.25) is 0 Å². The molecule has 3 N–H and O–H groups in total. The quantitative estimate of drug-likeness (QED) is 0.114. The number of Topliss-reactive ketones (excluding diaryl/α,β-unsaturated/α-hetero) is 2. The zero-order chi connectivity index (χ0) is 37.7. The number of nitrogens with zero attached hydrogens (tertiary/aromatic N) is 5. The van der Waals surface area contributed by atoms with Crippen LogP contribution in [0.25, 0.3) is 32.8 Å². The molecule has 4 unspecified atom stereocenters. The molecular weight excluding hydrogens is 711 g/mol. The van der Waals surface area contributed by atoms with Crippen molar-refractivity contribution in [2.75, 3.05) is 12.9 Å². The van der Waals surface area contributed by atoms with Crippen LogP contribution in [0.1, 0.15) is 90.8 Å². The van der Waals surface area contributed by atoms with Crippen LogP contribution in [0.15, 0.2) is 49.1 Å². The summed E-state index contributed by atoms with van der Waals surface area (Å²) >= 11 is 1.27. The second-order valence-corrected chi connectivity index (χ2v) is 20.5. The lowest BCUT2D eigenvalue weighted by Gasteiger charge is -2.15. The molecule has 0 radical (unpaired) electrons. The number of aliphatic hydroxyl groups is 1. The lowest BCUT2D eigenvalue weighted by molar-refractivity contribution is -0.117. The Labute approximate surface area is 309 Å². The van der Waals surface area contributed by atoms with Gasteiger partial charge in [-0.05, 0) is 42.7 Å². The Bertz CT molecular complexity index is 2640. The van der Waals surface area contributed by atoms with E-state index in [4.69, 9.17) is 24.9 Å². The molecule has 7 heterocycles. The molecule has 5 aliphatic heterocycles. The molecule has 53 heavy (non-hydrogen) atoms. The van der Waals surface area contributed by atoms with Crippen molar-refractivity contribution in [1.29, 1.82) is 0 Å². The number of carbonyl (C=O) groups is 4. The highest BCUT2D eigenvalue weighted by molar-refractivity contribution is 8.65. The minimum atomic E-state index is -3.30. The van der Waals surface area contributed by atoms with Gasteiger partial charge in [0.05, 0.1) is 5.92 Å². The number of fused-ring (bicyclic) bond motifs is 16. The summed E-state index contributed by atoms with van der Waals surface area (Å²) in [6.07, 6.45) is 10.2. The van der Waals surface area contributed by atoms with Gasteiger partial charge in [0.2, 0.25) is 0 Å². The Balaban J connectivity index is 1.62. The first kappa shape index (κ1) is 35.1. The number of ketones is 2. The largest absolute Gasteiger partial charge is 0.388 e. The van der Waals surface area contributed by atoms with E-state index in [1.165, 1.54) is 11.8 Å². The number of thioether (sulfide) groups is 1. The van der Waals surface area contributed by atoms with Crippen LogP contribution in [0.5, 0.6) is 0 Å². The number of H-pyrrole nitrogens is 2. The zero-order valence-electron chi connectivity index (χ0n) is 30.0. The highest BCUT2D eigenvalue weighted by atomic mass is 32.3. The minimum absolute atomic E-state index is 0.0218. The SMILES string of the molecule is C=C(C(=O)CO)C1=C(C(C)C)c2nc1nc1[nH]c(nc3nc(cc4[nH]c(n2)c2c4C4CC2SC4=O)C(=O)C/C=C\C(C)C3=C)=C2C(/C=C\C)S=12(C)C=O. The molecule has 14 heteroatoms. The van der Waals surface area contributed by atoms with Crippen LogP contribution in [0.4, 0.5) is 0 Å². The summed E-state index contributed by atoms with van der Waals surface area (Å²) in [6.45, 7) is 15.4. The van der Waals surface area contributed by atoms with Gasteiger partial charge in [-0.2, -0.15) is 0 Å². The van der Waals surface area contributed by atoms with E-state index in [-0.39, 0.29) is 74.3 Å². The molecular formula is C39H39N7O5S2. The van der Waals surface area contributed by atoms with Gasteiger partial charge < -0.3 is 15.1 Å². The molecule has 272 valence electrons. The van der Waals surface area contributed by atoms with E-state index in [1.54, 1.807) is 12.1 Å². The maximum absolute atomic E-state index is 13.9. The van der Waals surface area contributed by atoms with Crippen molar-refractivity contribution in [2.45, 2.75) is 57.0 Å². The molecule has 2 aromatic heterocycles. The predicted octanol–water partition coefficient (Wildman–Crippen LogP) is 5.36. The van der Waals surface area contributed by atoms with Crippen molar-refractivity contribution >= 4 is 75.6 Å². The second-order valence-electron chi connectivity index (χ2n) is 14.6. The number of hydrogen-bond donors (Lipinski definition) is 3. The summed E-state index contributed by atoms with van der Waals surface area (Å²) < 4.78 is 0.343. The summed E-state index contributed by atoms with van der Waals surface area (Å²) in [7, 11) is -3.30. The van der Waals surface area contributed by atoms with Gasteiger partial charge in [-0.25, -0.2) is 24.9 Å². The molecule has 2 saturated heterocycles. The lowest BCUT2D eigenvalue weighted by Crippen LogP contribution is -2.15. The average Bonchev–Trinajstić information content (AvgIpc) is 3.73. The normalized spacial score (nSPS) is 25.9. The molecule has 0 amide bonds. The smallest absolute Gasteiger partial charge is 0.197 e. The Morgan fingerprint density at radius 3 is 2.58 bits per heavy atom. The number of aromatic amines is 2. The van der Waals surface area contributed by atoms with E-state index in [0.29, 0.717) is 44.6 Å². The predicted molar refractivity (Wildman–Crippen MR) is 208 cm³/mol. The fourth-order valence-electron chi connectivity index (χ4n) is 8.07. The van der Waals surface area contributed by atoms with Crippen LogP contribution in [-0.4, -0.2) is 80.4 Å². The van der Waals surface area contributed by atoms with Crippen LogP contribution < -0.4 is 5.48 Å². The molecule has 1 aliphatic carbocycles. The molecule has 0 saturated carbocycles. The van der Waals surface area contributed by atoms with E-state index in [0.717, 1.165) is 21.7 Å². The van der Waals surface area contributed by atoms with Crippen molar-refractivity contribution in [3.63, 3.8) is 0 Å². The number of allylic oxidation sites excluding steroid dienone is 6.